The van der Waals surface area contributed by atoms with E-state index in [9.17, 15) is 0 Å². The van der Waals surface area contributed by atoms with Gasteiger partial charge in [-0.15, -0.1) is 0 Å². The molecular weight excluding hydrogens is 188 g/mol. The molecule has 0 bridgehead atoms. The standard InChI is InChI=1S/C11H16N4/c1-4-7-15(9(2)3)11-10(8-12)13-5-6-14-11/h5-6,9H,4,7H2,1-3H3. The molecule has 0 amide bonds. The predicted molar refractivity (Wildman–Crippen MR) is 59.5 cm³/mol. The van der Waals surface area contributed by atoms with Crippen molar-refractivity contribution in [2.24, 2.45) is 0 Å². The molecule has 4 nitrogen and oxygen atoms in total. The van der Waals surface area contributed by atoms with E-state index in [2.05, 4.69) is 41.7 Å². The van der Waals surface area contributed by atoms with Gasteiger partial charge in [-0.3, -0.25) is 0 Å². The van der Waals surface area contributed by atoms with Crippen molar-refractivity contribution in [2.45, 2.75) is 33.2 Å². The molecular formula is C11H16N4. The molecule has 0 fully saturated rings. The highest BCUT2D eigenvalue weighted by Crippen LogP contribution is 2.16. The van der Waals surface area contributed by atoms with Gasteiger partial charge in [0.25, 0.3) is 0 Å². The van der Waals surface area contributed by atoms with Gasteiger partial charge in [-0.2, -0.15) is 5.26 Å². The lowest BCUT2D eigenvalue weighted by Gasteiger charge is -2.27. The summed E-state index contributed by atoms with van der Waals surface area (Å²) >= 11 is 0. The number of hydrogen-bond acceptors (Lipinski definition) is 4. The average molecular weight is 204 g/mol. The lowest BCUT2D eigenvalue weighted by atomic mass is 10.2. The number of rotatable bonds is 4. The van der Waals surface area contributed by atoms with E-state index in [0.29, 0.717) is 17.6 Å². The summed E-state index contributed by atoms with van der Waals surface area (Å²) in [6, 6.07) is 2.40. The van der Waals surface area contributed by atoms with Crippen molar-refractivity contribution < 1.29 is 0 Å². The number of anilines is 1. The summed E-state index contributed by atoms with van der Waals surface area (Å²) in [6.07, 6.45) is 4.20. The summed E-state index contributed by atoms with van der Waals surface area (Å²) in [5, 5.41) is 8.94. The number of nitriles is 1. The first kappa shape index (κ1) is 11.4. The van der Waals surface area contributed by atoms with Gasteiger partial charge in [0.2, 0.25) is 0 Å². The maximum absolute atomic E-state index is 8.94. The number of aromatic nitrogens is 2. The summed E-state index contributed by atoms with van der Waals surface area (Å²) in [4.78, 5) is 10.4. The van der Waals surface area contributed by atoms with E-state index in [0.717, 1.165) is 13.0 Å². The van der Waals surface area contributed by atoms with Crippen molar-refractivity contribution in [1.82, 2.24) is 9.97 Å². The molecule has 0 spiro atoms. The van der Waals surface area contributed by atoms with Crippen LogP contribution in [0, 0.1) is 11.3 Å². The summed E-state index contributed by atoms with van der Waals surface area (Å²) in [5.41, 5.74) is 0.402. The number of nitrogens with zero attached hydrogens (tertiary/aromatic N) is 4. The smallest absolute Gasteiger partial charge is 0.183 e. The van der Waals surface area contributed by atoms with Crippen LogP contribution in [0.5, 0.6) is 0 Å². The minimum absolute atomic E-state index is 0.328. The van der Waals surface area contributed by atoms with E-state index in [1.165, 1.54) is 0 Å². The Bertz CT molecular complexity index is 354. The lowest BCUT2D eigenvalue weighted by Crippen LogP contribution is -2.33. The Labute approximate surface area is 90.6 Å². The largest absolute Gasteiger partial charge is 0.352 e. The van der Waals surface area contributed by atoms with Crippen LogP contribution in [0.1, 0.15) is 32.9 Å². The molecule has 1 aromatic rings. The van der Waals surface area contributed by atoms with Crippen LogP contribution in [0.4, 0.5) is 5.82 Å². The summed E-state index contributed by atoms with van der Waals surface area (Å²) < 4.78 is 0. The van der Waals surface area contributed by atoms with Crippen LogP contribution >= 0.6 is 0 Å². The van der Waals surface area contributed by atoms with Crippen LogP contribution < -0.4 is 4.90 Å². The van der Waals surface area contributed by atoms with Crippen molar-refractivity contribution >= 4 is 5.82 Å². The monoisotopic (exact) mass is 204 g/mol. The molecule has 0 N–H and O–H groups in total. The molecule has 4 heteroatoms. The van der Waals surface area contributed by atoms with Crippen LogP contribution in [0.3, 0.4) is 0 Å². The Kier molecular flexibility index (Phi) is 4.04. The molecule has 0 aliphatic carbocycles. The summed E-state index contributed by atoms with van der Waals surface area (Å²) in [5.74, 6) is 0.692. The van der Waals surface area contributed by atoms with Crippen LogP contribution in [0.2, 0.25) is 0 Å². The summed E-state index contributed by atoms with van der Waals surface area (Å²) in [7, 11) is 0. The predicted octanol–water partition coefficient (Wildman–Crippen LogP) is 1.97. The first-order chi connectivity index (χ1) is 7.20. The van der Waals surface area contributed by atoms with E-state index in [-0.39, 0.29) is 0 Å². The molecule has 0 unspecified atom stereocenters. The first-order valence-corrected chi connectivity index (χ1v) is 5.18. The van der Waals surface area contributed by atoms with Gasteiger partial charge in [-0.25, -0.2) is 9.97 Å². The van der Waals surface area contributed by atoms with Crippen LogP contribution in [0.15, 0.2) is 12.4 Å². The number of hydrogen-bond donors (Lipinski definition) is 0. The van der Waals surface area contributed by atoms with Crippen molar-refractivity contribution in [2.75, 3.05) is 11.4 Å². The van der Waals surface area contributed by atoms with Gasteiger partial charge in [0.1, 0.15) is 6.07 Å². The zero-order chi connectivity index (χ0) is 11.3. The molecule has 0 aromatic carbocycles. The fourth-order valence-corrected chi connectivity index (χ4v) is 1.47. The van der Waals surface area contributed by atoms with Gasteiger partial charge in [-0.05, 0) is 20.3 Å². The van der Waals surface area contributed by atoms with Gasteiger partial charge < -0.3 is 4.90 Å². The van der Waals surface area contributed by atoms with Gasteiger partial charge in [0, 0.05) is 25.0 Å². The SMILES string of the molecule is CCCN(c1nccnc1C#N)C(C)C. The molecule has 0 saturated carbocycles. The third kappa shape index (κ3) is 2.66. The Morgan fingerprint density at radius 3 is 2.60 bits per heavy atom. The van der Waals surface area contributed by atoms with Crippen molar-refractivity contribution in [3.63, 3.8) is 0 Å². The molecule has 80 valence electrons. The summed E-state index contributed by atoms with van der Waals surface area (Å²) in [6.45, 7) is 7.18. The van der Waals surface area contributed by atoms with Gasteiger partial charge in [-0.1, -0.05) is 6.92 Å². The zero-order valence-corrected chi connectivity index (χ0v) is 9.44. The van der Waals surface area contributed by atoms with Crippen molar-refractivity contribution in [1.29, 1.82) is 5.26 Å². The van der Waals surface area contributed by atoms with E-state index >= 15 is 0 Å². The molecule has 0 saturated heterocycles. The molecule has 0 aliphatic rings. The highest BCUT2D eigenvalue weighted by molar-refractivity contribution is 5.49. The first-order valence-electron chi connectivity index (χ1n) is 5.18. The van der Waals surface area contributed by atoms with Gasteiger partial charge in [0.15, 0.2) is 11.5 Å². The molecule has 0 atom stereocenters. The maximum Gasteiger partial charge on any atom is 0.183 e. The molecule has 1 aromatic heterocycles. The molecule has 0 radical (unpaired) electrons. The Hall–Kier alpha value is -1.63. The third-order valence-corrected chi connectivity index (χ3v) is 2.14. The van der Waals surface area contributed by atoms with Gasteiger partial charge in [0.05, 0.1) is 0 Å². The maximum atomic E-state index is 8.94. The second kappa shape index (κ2) is 5.30. The Morgan fingerprint density at radius 2 is 2.07 bits per heavy atom. The van der Waals surface area contributed by atoms with Crippen LogP contribution in [-0.2, 0) is 0 Å². The quantitative estimate of drug-likeness (QED) is 0.752. The Morgan fingerprint density at radius 1 is 1.40 bits per heavy atom. The van der Waals surface area contributed by atoms with Crippen molar-refractivity contribution in [3.8, 4) is 6.07 Å². The normalized spacial score (nSPS) is 10.1. The van der Waals surface area contributed by atoms with E-state index < -0.39 is 0 Å². The fraction of sp³-hybridized carbons (Fsp3) is 0.545. The minimum Gasteiger partial charge on any atom is -0.352 e. The van der Waals surface area contributed by atoms with E-state index in [1.807, 2.05) is 0 Å². The highest BCUT2D eigenvalue weighted by atomic mass is 15.2. The van der Waals surface area contributed by atoms with Crippen molar-refractivity contribution in [3.05, 3.63) is 18.1 Å². The van der Waals surface area contributed by atoms with E-state index in [1.54, 1.807) is 12.4 Å². The minimum atomic E-state index is 0.328. The molecule has 1 heterocycles. The molecule has 15 heavy (non-hydrogen) atoms. The highest BCUT2D eigenvalue weighted by Gasteiger charge is 2.15. The molecule has 0 aliphatic heterocycles. The lowest BCUT2D eigenvalue weighted by molar-refractivity contribution is 0.659. The van der Waals surface area contributed by atoms with Gasteiger partial charge >= 0.3 is 0 Å². The van der Waals surface area contributed by atoms with Crippen LogP contribution in [-0.4, -0.2) is 22.6 Å². The second-order valence-electron chi connectivity index (χ2n) is 3.63. The third-order valence-electron chi connectivity index (χ3n) is 2.14. The fourth-order valence-electron chi connectivity index (χ4n) is 1.47. The Balaban J connectivity index is 3.05. The second-order valence-corrected chi connectivity index (χ2v) is 3.63. The molecule has 1 rings (SSSR count). The average Bonchev–Trinajstić information content (AvgIpc) is 2.25. The van der Waals surface area contributed by atoms with E-state index in [4.69, 9.17) is 5.26 Å². The topological polar surface area (TPSA) is 52.8 Å². The van der Waals surface area contributed by atoms with Crippen LogP contribution in [0.25, 0.3) is 0 Å². The zero-order valence-electron chi connectivity index (χ0n) is 9.44.